The van der Waals surface area contributed by atoms with E-state index in [1.54, 1.807) is 7.05 Å². The Morgan fingerprint density at radius 1 is 1.27 bits per heavy atom. The molecule has 3 rings (SSSR count). The lowest BCUT2D eigenvalue weighted by Gasteiger charge is -2.20. The lowest BCUT2D eigenvalue weighted by Crippen LogP contribution is -2.45. The Balaban J connectivity index is 1.36. The quantitative estimate of drug-likeness (QED) is 0.387. The predicted molar refractivity (Wildman–Crippen MR) is 107 cm³/mol. The number of halogens is 1. The number of carbonyl (C=O) groups excluding carboxylic acids is 1. The maximum atomic E-state index is 11.7. The van der Waals surface area contributed by atoms with E-state index in [0.717, 1.165) is 62.0 Å². The van der Waals surface area contributed by atoms with Crippen molar-refractivity contribution in [2.75, 3.05) is 31.6 Å². The lowest BCUT2D eigenvalue weighted by atomic mass is 10.2. The minimum absolute atomic E-state index is 0.158. The molecule has 0 aromatic heterocycles. The predicted octanol–water partition coefficient (Wildman–Crippen LogP) is 2.14. The molecule has 1 amide bonds. The zero-order chi connectivity index (χ0) is 18.4. The van der Waals surface area contributed by atoms with Gasteiger partial charge in [-0.3, -0.25) is 9.79 Å². The van der Waals surface area contributed by atoms with E-state index in [1.807, 2.05) is 18.2 Å². The fourth-order valence-corrected chi connectivity index (χ4v) is 3.34. The number of carbonyl (C=O) groups is 1. The van der Waals surface area contributed by atoms with Crippen LogP contribution in [0.1, 0.15) is 32.1 Å². The highest BCUT2D eigenvalue weighted by Gasteiger charge is 2.24. The number of rotatable bonds is 7. The molecule has 26 heavy (non-hydrogen) atoms. The molecule has 2 fully saturated rings. The Hall–Kier alpha value is -1.95. The number of benzene rings is 1. The van der Waals surface area contributed by atoms with Crippen molar-refractivity contribution < 1.29 is 4.79 Å². The van der Waals surface area contributed by atoms with Gasteiger partial charge < -0.3 is 20.9 Å². The van der Waals surface area contributed by atoms with Gasteiger partial charge in [0, 0.05) is 55.9 Å². The number of nitrogens with zero attached hydrogens (tertiary/aromatic N) is 2. The molecule has 0 spiro atoms. The molecule has 7 heteroatoms. The Bertz CT molecular complexity index is 647. The highest BCUT2D eigenvalue weighted by atomic mass is 35.5. The van der Waals surface area contributed by atoms with Crippen LogP contribution in [-0.4, -0.2) is 50.6 Å². The van der Waals surface area contributed by atoms with Crippen molar-refractivity contribution in [2.45, 2.75) is 44.2 Å². The van der Waals surface area contributed by atoms with E-state index in [2.05, 4.69) is 31.9 Å². The molecular formula is C19H28ClN5O. The summed E-state index contributed by atoms with van der Waals surface area (Å²) in [5.41, 5.74) is 1.16. The maximum absolute atomic E-state index is 11.7. The minimum atomic E-state index is 0.158. The zero-order valence-electron chi connectivity index (χ0n) is 15.3. The molecule has 3 N–H and O–H groups in total. The summed E-state index contributed by atoms with van der Waals surface area (Å²) in [7, 11) is 1.78. The summed E-state index contributed by atoms with van der Waals surface area (Å²) in [5, 5.41) is 10.6. The highest BCUT2D eigenvalue weighted by molar-refractivity contribution is 6.30. The van der Waals surface area contributed by atoms with E-state index in [4.69, 9.17) is 11.6 Å². The topological polar surface area (TPSA) is 68.8 Å². The van der Waals surface area contributed by atoms with Gasteiger partial charge in [0.05, 0.1) is 0 Å². The van der Waals surface area contributed by atoms with Gasteiger partial charge in [0.2, 0.25) is 5.91 Å². The van der Waals surface area contributed by atoms with Crippen molar-refractivity contribution in [2.24, 2.45) is 4.99 Å². The van der Waals surface area contributed by atoms with E-state index in [1.165, 1.54) is 0 Å². The van der Waals surface area contributed by atoms with Gasteiger partial charge in [0.15, 0.2) is 5.96 Å². The summed E-state index contributed by atoms with van der Waals surface area (Å²) in [6.07, 6.45) is 4.68. The SMILES string of the molecule is CN=C(NCCCC(=O)NC1CC1)NC1CCN(c2cccc(Cl)c2)C1. The van der Waals surface area contributed by atoms with Crippen molar-refractivity contribution in [3.63, 3.8) is 0 Å². The molecule has 1 heterocycles. The maximum Gasteiger partial charge on any atom is 0.220 e. The van der Waals surface area contributed by atoms with Crippen LogP contribution in [-0.2, 0) is 4.79 Å². The molecule has 1 aromatic rings. The van der Waals surface area contributed by atoms with Gasteiger partial charge in [-0.2, -0.15) is 0 Å². The standard InChI is InChI=1S/C19H28ClN5O/c1-21-19(22-10-3-6-18(26)23-15-7-8-15)24-16-9-11-25(13-16)17-5-2-4-14(20)12-17/h2,4-5,12,15-16H,3,6-11,13H2,1H3,(H,23,26)(H2,21,22,24). The summed E-state index contributed by atoms with van der Waals surface area (Å²) in [6.45, 7) is 2.66. The van der Waals surface area contributed by atoms with E-state index in [-0.39, 0.29) is 5.91 Å². The van der Waals surface area contributed by atoms with Gasteiger partial charge in [-0.25, -0.2) is 0 Å². The second-order valence-corrected chi connectivity index (χ2v) is 7.44. The Morgan fingerprint density at radius 2 is 2.12 bits per heavy atom. The molecule has 1 saturated heterocycles. The van der Waals surface area contributed by atoms with Crippen LogP contribution < -0.4 is 20.9 Å². The van der Waals surface area contributed by atoms with Crippen molar-refractivity contribution in [3.8, 4) is 0 Å². The number of guanidine groups is 1. The molecule has 1 unspecified atom stereocenters. The molecule has 6 nitrogen and oxygen atoms in total. The van der Waals surface area contributed by atoms with Crippen LogP contribution in [0.3, 0.4) is 0 Å². The first-order chi connectivity index (χ1) is 12.6. The molecule has 1 aliphatic heterocycles. The monoisotopic (exact) mass is 377 g/mol. The number of anilines is 1. The van der Waals surface area contributed by atoms with Crippen molar-refractivity contribution in [1.82, 2.24) is 16.0 Å². The Kier molecular flexibility index (Phi) is 6.61. The van der Waals surface area contributed by atoms with Gasteiger partial charge in [-0.05, 0) is 43.9 Å². The average molecular weight is 378 g/mol. The van der Waals surface area contributed by atoms with E-state index in [9.17, 15) is 4.79 Å². The first-order valence-electron chi connectivity index (χ1n) is 9.41. The molecule has 1 aliphatic carbocycles. The van der Waals surface area contributed by atoms with Gasteiger partial charge in [0.25, 0.3) is 0 Å². The number of amides is 1. The molecule has 1 aromatic carbocycles. The zero-order valence-corrected chi connectivity index (χ0v) is 16.1. The number of hydrogen-bond donors (Lipinski definition) is 3. The smallest absolute Gasteiger partial charge is 0.220 e. The number of aliphatic imine (C=N–C) groups is 1. The largest absolute Gasteiger partial charge is 0.369 e. The first-order valence-corrected chi connectivity index (χ1v) is 9.79. The van der Waals surface area contributed by atoms with Crippen molar-refractivity contribution >= 4 is 29.2 Å². The third-order valence-electron chi connectivity index (χ3n) is 4.74. The van der Waals surface area contributed by atoms with Crippen LogP contribution in [0.4, 0.5) is 5.69 Å². The first kappa shape index (κ1) is 18.8. The second-order valence-electron chi connectivity index (χ2n) is 7.00. The summed E-state index contributed by atoms with van der Waals surface area (Å²) in [4.78, 5) is 18.3. The lowest BCUT2D eigenvalue weighted by molar-refractivity contribution is -0.121. The van der Waals surface area contributed by atoms with Crippen molar-refractivity contribution in [3.05, 3.63) is 29.3 Å². The summed E-state index contributed by atoms with van der Waals surface area (Å²) >= 11 is 6.09. The fourth-order valence-electron chi connectivity index (χ4n) is 3.16. The Labute approximate surface area is 160 Å². The van der Waals surface area contributed by atoms with Gasteiger partial charge >= 0.3 is 0 Å². The summed E-state index contributed by atoms with van der Waals surface area (Å²) in [5.74, 6) is 0.954. The second kappa shape index (κ2) is 9.12. The van der Waals surface area contributed by atoms with E-state index in [0.29, 0.717) is 18.5 Å². The number of nitrogens with one attached hydrogen (secondary N) is 3. The molecule has 2 aliphatic rings. The fraction of sp³-hybridized carbons (Fsp3) is 0.579. The molecule has 142 valence electrons. The molecule has 0 bridgehead atoms. The highest BCUT2D eigenvalue weighted by Crippen LogP contribution is 2.23. The molecule has 1 saturated carbocycles. The average Bonchev–Trinajstić information content (AvgIpc) is 3.31. The van der Waals surface area contributed by atoms with Gasteiger partial charge in [-0.15, -0.1) is 0 Å². The number of hydrogen-bond acceptors (Lipinski definition) is 3. The molecular weight excluding hydrogens is 350 g/mol. The Morgan fingerprint density at radius 3 is 2.85 bits per heavy atom. The normalized spacial score (nSPS) is 20.2. The van der Waals surface area contributed by atoms with Crippen LogP contribution in [0, 0.1) is 0 Å². The third-order valence-corrected chi connectivity index (χ3v) is 4.98. The van der Waals surface area contributed by atoms with Crippen molar-refractivity contribution in [1.29, 1.82) is 0 Å². The van der Waals surface area contributed by atoms with Gasteiger partial charge in [-0.1, -0.05) is 17.7 Å². The minimum Gasteiger partial charge on any atom is -0.369 e. The third kappa shape index (κ3) is 5.80. The van der Waals surface area contributed by atoms with Crippen LogP contribution in [0.2, 0.25) is 5.02 Å². The van der Waals surface area contributed by atoms with Gasteiger partial charge in [0.1, 0.15) is 0 Å². The van der Waals surface area contributed by atoms with Crippen LogP contribution in [0.5, 0.6) is 0 Å². The van der Waals surface area contributed by atoms with E-state index >= 15 is 0 Å². The van der Waals surface area contributed by atoms with Crippen LogP contribution >= 0.6 is 11.6 Å². The summed E-state index contributed by atoms with van der Waals surface area (Å²) in [6, 6.07) is 8.76. The van der Waals surface area contributed by atoms with Crippen LogP contribution in [0.15, 0.2) is 29.3 Å². The van der Waals surface area contributed by atoms with Crippen LogP contribution in [0.25, 0.3) is 0 Å². The van der Waals surface area contributed by atoms with E-state index < -0.39 is 0 Å². The summed E-state index contributed by atoms with van der Waals surface area (Å²) < 4.78 is 0. The molecule has 0 radical (unpaired) electrons. The molecule has 1 atom stereocenters.